The van der Waals surface area contributed by atoms with E-state index in [2.05, 4.69) is 18.9 Å². The van der Waals surface area contributed by atoms with Crippen LogP contribution < -0.4 is 9.75 Å². The predicted octanol–water partition coefficient (Wildman–Crippen LogP) is 2.55. The van der Waals surface area contributed by atoms with Gasteiger partial charge in [0.1, 0.15) is 5.69 Å². The van der Waals surface area contributed by atoms with Gasteiger partial charge >= 0.3 is 11.6 Å². The van der Waals surface area contributed by atoms with E-state index in [-0.39, 0.29) is 5.82 Å². The lowest BCUT2D eigenvalue weighted by atomic mass is 9.92. The highest BCUT2D eigenvalue weighted by Crippen LogP contribution is 2.29. The Kier molecular flexibility index (Phi) is 4.31. The number of nitrogens with zero attached hydrogens (tertiary/aromatic N) is 5. The molecule has 0 aliphatic carbocycles. The molecule has 2 heterocycles. The molecule has 1 aliphatic heterocycles. The molecule has 1 aliphatic rings. The van der Waals surface area contributed by atoms with Crippen molar-refractivity contribution in [3.63, 3.8) is 0 Å². The third kappa shape index (κ3) is 3.01. The molecule has 0 radical (unpaired) electrons. The number of aromatic nitrogens is 3. The summed E-state index contributed by atoms with van der Waals surface area (Å²) in [5.74, 6) is 0.272. The minimum atomic E-state index is -0.611. The van der Waals surface area contributed by atoms with Crippen LogP contribution >= 0.6 is 11.6 Å². The summed E-state index contributed by atoms with van der Waals surface area (Å²) in [6.45, 7) is 5.35. The first-order valence-corrected chi connectivity index (χ1v) is 8.12. The van der Waals surface area contributed by atoms with Gasteiger partial charge in [0.05, 0.1) is 13.1 Å². The van der Waals surface area contributed by atoms with E-state index in [0.29, 0.717) is 40.5 Å². The highest BCUT2D eigenvalue weighted by atomic mass is 35.5. The second kappa shape index (κ2) is 6.27. The number of benzene rings is 1. The molecule has 24 heavy (non-hydrogen) atoms. The Balaban J connectivity index is 2.08. The molecule has 1 fully saturated rings. The van der Waals surface area contributed by atoms with E-state index in [1.54, 1.807) is 29.2 Å². The summed E-state index contributed by atoms with van der Waals surface area (Å²) >= 11 is 5.85. The Labute approximate surface area is 144 Å². The van der Waals surface area contributed by atoms with Crippen molar-refractivity contribution < 1.29 is 9.77 Å². The molecule has 9 heteroatoms. The van der Waals surface area contributed by atoms with Crippen molar-refractivity contribution in [2.45, 2.75) is 20.3 Å². The molecule has 0 N–H and O–H groups in total. The second-order valence-electron chi connectivity index (χ2n) is 6.39. The topological polar surface area (TPSA) is 91.1 Å². The summed E-state index contributed by atoms with van der Waals surface area (Å²) in [4.78, 5) is 14.1. The van der Waals surface area contributed by atoms with E-state index in [9.17, 15) is 15.3 Å². The van der Waals surface area contributed by atoms with Gasteiger partial charge in [0, 0.05) is 10.1 Å². The molecular weight excluding hydrogens is 334 g/mol. The van der Waals surface area contributed by atoms with Crippen LogP contribution in [0.1, 0.15) is 20.3 Å². The van der Waals surface area contributed by atoms with Crippen LogP contribution in [0.15, 0.2) is 24.3 Å². The van der Waals surface area contributed by atoms with Crippen molar-refractivity contribution in [3.8, 4) is 5.69 Å². The van der Waals surface area contributed by atoms with Gasteiger partial charge in [-0.3, -0.25) is 4.90 Å². The van der Waals surface area contributed by atoms with Gasteiger partial charge in [-0.15, -0.1) is 0 Å². The standard InChI is InChI=1S/C15H18ClN5O3/c1-10-7-11(2)9-18(8-10)15-14(21(23)24)17-19(20(15)22)13-5-3-12(16)4-6-13/h3-6,10-11H,7-9H2,1-2H3. The Bertz CT molecular complexity index is 751. The van der Waals surface area contributed by atoms with Crippen molar-refractivity contribution in [2.75, 3.05) is 18.0 Å². The van der Waals surface area contributed by atoms with Crippen LogP contribution in [0.5, 0.6) is 0 Å². The van der Waals surface area contributed by atoms with Crippen molar-refractivity contribution in [1.29, 1.82) is 0 Å². The average Bonchev–Trinajstić information content (AvgIpc) is 2.85. The summed E-state index contributed by atoms with van der Waals surface area (Å²) < 4.78 is 0. The Hall–Kier alpha value is -2.35. The number of hydrogen-bond donors (Lipinski definition) is 0. The molecule has 3 rings (SSSR count). The van der Waals surface area contributed by atoms with Gasteiger partial charge in [0.2, 0.25) is 0 Å². The lowest BCUT2D eigenvalue weighted by Gasteiger charge is -2.32. The molecule has 0 bridgehead atoms. The van der Waals surface area contributed by atoms with E-state index in [1.807, 2.05) is 0 Å². The summed E-state index contributed by atoms with van der Waals surface area (Å²) in [5, 5.41) is 28.6. The van der Waals surface area contributed by atoms with Crippen LogP contribution in [0.3, 0.4) is 0 Å². The fraction of sp³-hybridized carbons (Fsp3) is 0.467. The van der Waals surface area contributed by atoms with Gasteiger partial charge < -0.3 is 15.3 Å². The first-order chi connectivity index (χ1) is 11.4. The fourth-order valence-corrected chi connectivity index (χ4v) is 3.43. The molecule has 0 spiro atoms. The van der Waals surface area contributed by atoms with E-state index in [0.717, 1.165) is 11.2 Å². The highest BCUT2D eigenvalue weighted by Gasteiger charge is 2.36. The number of nitro groups is 1. The van der Waals surface area contributed by atoms with Crippen molar-refractivity contribution in [3.05, 3.63) is 44.6 Å². The Morgan fingerprint density at radius 3 is 2.38 bits per heavy atom. The molecule has 0 amide bonds. The van der Waals surface area contributed by atoms with Gasteiger partial charge in [-0.1, -0.05) is 30.2 Å². The summed E-state index contributed by atoms with van der Waals surface area (Å²) in [5.41, 5.74) is 0.418. The Morgan fingerprint density at radius 1 is 1.25 bits per heavy atom. The van der Waals surface area contributed by atoms with Crippen molar-refractivity contribution >= 4 is 23.2 Å². The van der Waals surface area contributed by atoms with E-state index < -0.39 is 10.7 Å². The number of anilines is 1. The van der Waals surface area contributed by atoms with Gasteiger partial charge in [0.25, 0.3) is 0 Å². The molecule has 8 nitrogen and oxygen atoms in total. The molecular formula is C15H18ClN5O3. The molecule has 1 aromatic carbocycles. The minimum Gasteiger partial charge on any atom is -0.723 e. The van der Waals surface area contributed by atoms with E-state index in [4.69, 9.17) is 11.6 Å². The van der Waals surface area contributed by atoms with Gasteiger partial charge in [-0.05, 0) is 47.4 Å². The van der Waals surface area contributed by atoms with Gasteiger partial charge in [-0.25, -0.2) is 0 Å². The van der Waals surface area contributed by atoms with Crippen molar-refractivity contribution in [2.24, 2.45) is 11.8 Å². The first-order valence-electron chi connectivity index (χ1n) is 7.75. The second-order valence-corrected chi connectivity index (χ2v) is 6.83. The normalized spacial score (nSPS) is 21.0. The van der Waals surface area contributed by atoms with Crippen LogP contribution in [-0.2, 0) is 0 Å². The first kappa shape index (κ1) is 16.5. The monoisotopic (exact) mass is 351 g/mol. The van der Waals surface area contributed by atoms with Crippen LogP contribution in [-0.4, -0.2) is 27.9 Å². The number of hydrogen-bond acceptors (Lipinski definition) is 5. The quantitative estimate of drug-likeness (QED) is 0.367. The van der Waals surface area contributed by atoms with Crippen molar-refractivity contribution in [1.82, 2.24) is 9.90 Å². The van der Waals surface area contributed by atoms with Crippen LogP contribution in [0, 0.1) is 27.2 Å². The molecule has 2 aromatic rings. The molecule has 0 saturated carbocycles. The van der Waals surface area contributed by atoms with Gasteiger partial charge in [-0.2, -0.15) is 4.85 Å². The van der Waals surface area contributed by atoms with Crippen LogP contribution in [0.4, 0.5) is 11.6 Å². The summed E-state index contributed by atoms with van der Waals surface area (Å²) in [6.07, 6.45) is 1.04. The van der Waals surface area contributed by atoms with Crippen LogP contribution in [0.2, 0.25) is 5.02 Å². The Morgan fingerprint density at radius 2 is 1.83 bits per heavy atom. The lowest BCUT2D eigenvalue weighted by Crippen LogP contribution is -2.47. The lowest BCUT2D eigenvalue weighted by molar-refractivity contribution is -0.677. The average molecular weight is 352 g/mol. The third-order valence-corrected chi connectivity index (χ3v) is 4.39. The molecule has 2 unspecified atom stereocenters. The smallest absolute Gasteiger partial charge is 0.428 e. The maximum atomic E-state index is 12.7. The zero-order valence-corrected chi connectivity index (χ0v) is 14.2. The zero-order chi connectivity index (χ0) is 17.4. The summed E-state index contributed by atoms with van der Waals surface area (Å²) in [7, 11) is 0. The van der Waals surface area contributed by atoms with Gasteiger partial charge in [0.15, 0.2) is 0 Å². The third-order valence-electron chi connectivity index (χ3n) is 4.14. The number of rotatable bonds is 3. The number of piperidine rings is 1. The highest BCUT2D eigenvalue weighted by molar-refractivity contribution is 6.30. The zero-order valence-electron chi connectivity index (χ0n) is 13.4. The molecule has 128 valence electrons. The molecule has 2 atom stereocenters. The molecule has 1 saturated heterocycles. The minimum absolute atomic E-state index is 0.00616. The fourth-order valence-electron chi connectivity index (χ4n) is 3.30. The predicted molar refractivity (Wildman–Crippen MR) is 89.3 cm³/mol. The number of halogens is 1. The SMILES string of the molecule is CC1CC(C)CN(c2c([N+](=O)[O-])nn(-c3ccc(Cl)cc3)[n+]2[O-])C1. The maximum Gasteiger partial charge on any atom is 0.428 e. The van der Waals surface area contributed by atoms with E-state index >= 15 is 0 Å². The van der Waals surface area contributed by atoms with Crippen LogP contribution in [0.25, 0.3) is 5.69 Å². The summed E-state index contributed by atoms with van der Waals surface area (Å²) in [6, 6.07) is 6.40. The molecule has 1 aromatic heterocycles. The maximum absolute atomic E-state index is 12.7. The largest absolute Gasteiger partial charge is 0.723 e. The van der Waals surface area contributed by atoms with E-state index in [1.165, 1.54) is 0 Å².